The normalized spacial score (nSPS) is 13.1. The highest BCUT2D eigenvalue weighted by Crippen LogP contribution is 2.51. The number of rotatable bonds is 5. The van der Waals surface area contributed by atoms with Crippen LogP contribution in [0.5, 0.6) is 11.5 Å². The van der Waals surface area contributed by atoms with Crippen LogP contribution >= 0.6 is 11.3 Å². The lowest BCUT2D eigenvalue weighted by atomic mass is 9.88. The summed E-state index contributed by atoms with van der Waals surface area (Å²) in [5, 5.41) is 4.88. The standard InChI is InChI=1S/C49H42N4OS/c1-30-23-31(2)48(32(3)24-30)52-29-51(40-16-10-11-17-41(40)52)43-27-35(28-45-47(43)38-14-8-12-18-44(38)55-45)54-34-19-20-37-36-13-7-9-15-39(36)53(42(37)26-34)46-25-33(21-22-50-46)49(4,5)6/h7-28H,29H2,1-6H3. The fourth-order valence-electron chi connectivity index (χ4n) is 8.69. The van der Waals surface area contributed by atoms with Crippen molar-refractivity contribution in [3.05, 3.63) is 156 Å². The number of pyridine rings is 1. The highest BCUT2D eigenvalue weighted by atomic mass is 32.1. The maximum Gasteiger partial charge on any atom is 0.137 e. The van der Waals surface area contributed by atoms with Crippen molar-refractivity contribution in [3.8, 4) is 17.3 Å². The number of anilines is 4. The van der Waals surface area contributed by atoms with Gasteiger partial charge in [-0.05, 0) is 97.5 Å². The molecule has 0 saturated heterocycles. The maximum absolute atomic E-state index is 6.94. The molecule has 9 aromatic rings. The molecule has 3 aromatic heterocycles. The van der Waals surface area contributed by atoms with E-state index in [0.717, 1.165) is 34.0 Å². The van der Waals surface area contributed by atoms with Gasteiger partial charge in [-0.25, -0.2) is 4.98 Å². The minimum atomic E-state index is -0.00164. The van der Waals surface area contributed by atoms with E-state index in [9.17, 15) is 0 Å². The van der Waals surface area contributed by atoms with E-state index in [1.807, 2.05) is 17.5 Å². The fourth-order valence-corrected chi connectivity index (χ4v) is 9.85. The molecule has 270 valence electrons. The highest BCUT2D eigenvalue weighted by Gasteiger charge is 2.31. The van der Waals surface area contributed by atoms with Gasteiger partial charge < -0.3 is 14.5 Å². The predicted molar refractivity (Wildman–Crippen MR) is 233 cm³/mol. The molecule has 0 radical (unpaired) electrons. The molecule has 0 spiro atoms. The average molecular weight is 735 g/mol. The molecule has 0 aliphatic carbocycles. The molecular formula is C49H42N4OS. The molecule has 55 heavy (non-hydrogen) atoms. The molecule has 0 saturated carbocycles. The highest BCUT2D eigenvalue weighted by molar-refractivity contribution is 7.26. The number of ether oxygens (including phenoxy) is 1. The third-order valence-corrected chi connectivity index (χ3v) is 12.2. The number of fused-ring (bicyclic) bond motifs is 7. The summed E-state index contributed by atoms with van der Waals surface area (Å²) in [4.78, 5) is 9.84. The lowest BCUT2D eigenvalue weighted by molar-refractivity contribution is 0.484. The van der Waals surface area contributed by atoms with Gasteiger partial charge in [0.15, 0.2) is 0 Å². The monoisotopic (exact) mass is 734 g/mol. The molecule has 1 aliphatic rings. The van der Waals surface area contributed by atoms with Crippen molar-refractivity contribution in [1.29, 1.82) is 0 Å². The number of nitrogens with zero attached hydrogens (tertiary/aromatic N) is 4. The van der Waals surface area contributed by atoms with Gasteiger partial charge >= 0.3 is 0 Å². The number of aromatic nitrogens is 2. The van der Waals surface area contributed by atoms with Crippen molar-refractivity contribution in [2.24, 2.45) is 0 Å². The van der Waals surface area contributed by atoms with Crippen molar-refractivity contribution in [3.63, 3.8) is 0 Å². The predicted octanol–water partition coefficient (Wildman–Crippen LogP) is 13.8. The van der Waals surface area contributed by atoms with Gasteiger partial charge in [0.05, 0.1) is 28.1 Å². The topological polar surface area (TPSA) is 33.5 Å². The molecule has 1 aliphatic heterocycles. The van der Waals surface area contributed by atoms with Crippen LogP contribution in [0.25, 0.3) is 47.8 Å². The van der Waals surface area contributed by atoms with E-state index in [1.54, 1.807) is 0 Å². The number of hydrogen-bond acceptors (Lipinski definition) is 5. The third kappa shape index (κ3) is 5.46. The second-order valence-corrected chi connectivity index (χ2v) is 17.0. The molecule has 0 amide bonds. The van der Waals surface area contributed by atoms with Crippen LogP contribution in [0, 0.1) is 20.8 Å². The van der Waals surface area contributed by atoms with Crippen LogP contribution in [0.2, 0.25) is 0 Å². The molecule has 0 unspecified atom stereocenters. The number of benzene rings is 6. The van der Waals surface area contributed by atoms with E-state index in [4.69, 9.17) is 9.72 Å². The zero-order chi connectivity index (χ0) is 37.6. The van der Waals surface area contributed by atoms with E-state index >= 15 is 0 Å². The summed E-state index contributed by atoms with van der Waals surface area (Å²) in [6, 6.07) is 46.0. The second kappa shape index (κ2) is 12.5. The summed E-state index contributed by atoms with van der Waals surface area (Å²) in [5.74, 6) is 2.49. The van der Waals surface area contributed by atoms with Crippen LogP contribution < -0.4 is 14.5 Å². The molecule has 10 rings (SSSR count). The summed E-state index contributed by atoms with van der Waals surface area (Å²) in [6.45, 7) is 14.1. The number of hydrogen-bond donors (Lipinski definition) is 0. The Morgan fingerprint density at radius 2 is 1.29 bits per heavy atom. The Morgan fingerprint density at radius 1 is 0.600 bits per heavy atom. The van der Waals surface area contributed by atoms with Crippen LogP contribution in [0.1, 0.15) is 43.0 Å². The van der Waals surface area contributed by atoms with Crippen LogP contribution in [-0.4, -0.2) is 16.2 Å². The molecule has 6 heteroatoms. The first-order valence-corrected chi connectivity index (χ1v) is 19.8. The largest absolute Gasteiger partial charge is 0.457 e. The van der Waals surface area contributed by atoms with E-state index in [1.165, 1.54) is 70.3 Å². The van der Waals surface area contributed by atoms with Gasteiger partial charge in [-0.3, -0.25) is 4.57 Å². The minimum Gasteiger partial charge on any atom is -0.457 e. The van der Waals surface area contributed by atoms with Gasteiger partial charge in [-0.2, -0.15) is 0 Å². The Labute approximate surface area is 325 Å². The molecule has 0 bridgehead atoms. The van der Waals surface area contributed by atoms with Crippen molar-refractivity contribution in [2.75, 3.05) is 16.5 Å². The summed E-state index contributed by atoms with van der Waals surface area (Å²) in [7, 11) is 0. The average Bonchev–Trinajstić information content (AvgIpc) is 3.84. The molecule has 4 heterocycles. The summed E-state index contributed by atoms with van der Waals surface area (Å²) in [5.41, 5.74) is 12.1. The number of thiophene rings is 1. The molecule has 0 fully saturated rings. The lowest BCUT2D eigenvalue weighted by Crippen LogP contribution is -2.25. The van der Waals surface area contributed by atoms with Crippen molar-refractivity contribution in [1.82, 2.24) is 9.55 Å². The second-order valence-electron chi connectivity index (χ2n) is 15.9. The zero-order valence-electron chi connectivity index (χ0n) is 32.0. The first-order chi connectivity index (χ1) is 26.6. The van der Waals surface area contributed by atoms with Gasteiger partial charge in [0.25, 0.3) is 0 Å². The van der Waals surface area contributed by atoms with Crippen LogP contribution in [0.3, 0.4) is 0 Å². The molecule has 0 atom stereocenters. The lowest BCUT2D eigenvalue weighted by Gasteiger charge is -2.26. The Balaban J connectivity index is 1.13. The van der Waals surface area contributed by atoms with Crippen molar-refractivity contribution < 1.29 is 4.74 Å². The van der Waals surface area contributed by atoms with Crippen LogP contribution in [0.15, 0.2) is 134 Å². The van der Waals surface area contributed by atoms with Gasteiger partial charge in [-0.15, -0.1) is 11.3 Å². The summed E-state index contributed by atoms with van der Waals surface area (Å²) >= 11 is 1.82. The van der Waals surface area contributed by atoms with Gasteiger partial charge in [0, 0.05) is 55.0 Å². The van der Waals surface area contributed by atoms with Crippen molar-refractivity contribution in [2.45, 2.75) is 47.0 Å². The summed E-state index contributed by atoms with van der Waals surface area (Å²) in [6.07, 6.45) is 1.93. The van der Waals surface area contributed by atoms with E-state index in [0.29, 0.717) is 6.67 Å². The Kier molecular flexibility index (Phi) is 7.59. The van der Waals surface area contributed by atoms with Gasteiger partial charge in [0.2, 0.25) is 0 Å². The van der Waals surface area contributed by atoms with Crippen LogP contribution in [-0.2, 0) is 5.41 Å². The molecular weight excluding hydrogens is 693 g/mol. The van der Waals surface area contributed by atoms with Crippen LogP contribution in [0.4, 0.5) is 22.7 Å². The van der Waals surface area contributed by atoms with Gasteiger partial charge in [-0.1, -0.05) is 87.0 Å². The van der Waals surface area contributed by atoms with Gasteiger partial charge in [0.1, 0.15) is 24.0 Å². The molecule has 5 nitrogen and oxygen atoms in total. The third-order valence-electron chi connectivity index (χ3n) is 11.1. The number of aryl methyl sites for hydroxylation is 3. The van der Waals surface area contributed by atoms with E-state index in [-0.39, 0.29) is 5.41 Å². The Morgan fingerprint density at radius 3 is 2.07 bits per heavy atom. The first-order valence-electron chi connectivity index (χ1n) is 19.0. The Bertz CT molecular complexity index is 2960. The Hall–Kier alpha value is -6.11. The zero-order valence-corrected chi connectivity index (χ0v) is 32.8. The minimum absolute atomic E-state index is 0.00164. The maximum atomic E-state index is 6.94. The quantitative estimate of drug-likeness (QED) is 0.176. The van der Waals surface area contributed by atoms with E-state index in [2.05, 4.69) is 183 Å². The number of para-hydroxylation sites is 3. The molecule has 0 N–H and O–H groups in total. The molecule has 6 aromatic carbocycles. The fraction of sp³-hybridized carbons (Fsp3) is 0.163. The summed E-state index contributed by atoms with van der Waals surface area (Å²) < 4.78 is 11.7. The van der Waals surface area contributed by atoms with E-state index < -0.39 is 0 Å². The van der Waals surface area contributed by atoms with Crippen molar-refractivity contribution >= 4 is 76.1 Å². The SMILES string of the molecule is Cc1cc(C)c(N2CN(c3cc(Oc4ccc5c6ccccc6n(-c6cc(C(C)(C)C)ccn6)c5c4)cc4sc5ccccc5c34)c3ccccc32)c(C)c1. The first kappa shape index (κ1) is 33.5. The smallest absolute Gasteiger partial charge is 0.137 e.